The van der Waals surface area contributed by atoms with Crippen molar-refractivity contribution in [1.29, 1.82) is 0 Å². The number of fused-ring (bicyclic) bond motifs is 2. The third-order valence-electron chi connectivity index (χ3n) is 15.9. The molecule has 16 nitrogen and oxygen atoms in total. The lowest BCUT2D eigenvalue weighted by atomic mass is 9.63. The largest absolute Gasteiger partial charge is 0.395 e. The van der Waals surface area contributed by atoms with Gasteiger partial charge in [-0.3, -0.25) is 33.7 Å². The number of carbonyl (C=O) groups is 3. The van der Waals surface area contributed by atoms with E-state index in [2.05, 4.69) is 20.5 Å². The van der Waals surface area contributed by atoms with E-state index in [1.807, 2.05) is 11.8 Å². The first-order valence-corrected chi connectivity index (χ1v) is 24.8. The number of aliphatic hydroxyl groups excluding tert-OH is 1. The monoisotopic (exact) mass is 911 g/mol. The van der Waals surface area contributed by atoms with E-state index in [1.165, 1.54) is 16.2 Å². The first-order valence-electron chi connectivity index (χ1n) is 23.2. The maximum atomic E-state index is 16.2. The molecule has 2 atom stereocenters. The lowest BCUT2D eigenvalue weighted by molar-refractivity contribution is -0.135. The van der Waals surface area contributed by atoms with Gasteiger partial charge in [0.25, 0.3) is 0 Å². The zero-order valence-corrected chi connectivity index (χ0v) is 38.1. The minimum Gasteiger partial charge on any atom is -0.395 e. The number of benzene rings is 2. The number of aliphatic hydroxyl groups is 1. The Morgan fingerprint density at radius 1 is 0.969 bits per heavy atom. The van der Waals surface area contributed by atoms with Gasteiger partial charge in [0.05, 0.1) is 33.4 Å². The molecule has 3 N–H and O–H groups in total. The van der Waals surface area contributed by atoms with Crippen molar-refractivity contribution in [2.24, 2.45) is 18.4 Å². The van der Waals surface area contributed by atoms with E-state index in [0.29, 0.717) is 71.0 Å². The summed E-state index contributed by atoms with van der Waals surface area (Å²) in [7, 11) is -2.04. The number of piperidine rings is 3. The number of hydrogen-bond donors (Lipinski definition) is 3. The van der Waals surface area contributed by atoms with Crippen molar-refractivity contribution >= 4 is 61.7 Å². The molecule has 2 unspecified atom stereocenters. The number of aromatic nitrogens is 4. The average molecular weight is 912 g/mol. The highest BCUT2D eigenvalue weighted by atomic mass is 32.2. The van der Waals surface area contributed by atoms with Crippen LogP contribution in [-0.2, 0) is 36.7 Å². The van der Waals surface area contributed by atoms with Crippen LogP contribution in [0.25, 0.3) is 11.0 Å². The van der Waals surface area contributed by atoms with E-state index in [9.17, 15) is 32.7 Å². The van der Waals surface area contributed by atoms with Gasteiger partial charge in [-0.1, -0.05) is 12.8 Å². The lowest BCUT2D eigenvalue weighted by Gasteiger charge is -2.52. The Balaban J connectivity index is 0.721. The van der Waals surface area contributed by atoms with Crippen LogP contribution < -0.4 is 26.1 Å². The van der Waals surface area contributed by atoms with Gasteiger partial charge in [0.15, 0.2) is 15.7 Å². The molecule has 3 saturated heterocycles. The van der Waals surface area contributed by atoms with Crippen molar-refractivity contribution in [3.05, 3.63) is 64.0 Å². The minimum absolute atomic E-state index is 0.0341. The Hall–Kier alpha value is -5.20. The molecule has 5 fully saturated rings. The summed E-state index contributed by atoms with van der Waals surface area (Å²) < 4.78 is 46.7. The molecule has 1 spiro atoms. The number of amides is 3. The summed E-state index contributed by atoms with van der Waals surface area (Å²) in [5, 5.41) is 15.4. The molecular weight excluding hydrogens is 854 g/mol. The molecule has 2 aromatic heterocycles. The first-order chi connectivity index (χ1) is 31.1. The molecule has 2 aliphatic carbocycles. The molecule has 10 rings (SSSR count). The Morgan fingerprint density at radius 3 is 2.37 bits per heavy atom. The maximum absolute atomic E-state index is 16.2. The smallest absolute Gasteiger partial charge is 0.329 e. The predicted molar refractivity (Wildman–Crippen MR) is 242 cm³/mol. The predicted octanol–water partition coefficient (Wildman–Crippen LogP) is 4.77. The molecule has 4 aromatic rings. The number of hydrogen-bond acceptors (Lipinski definition) is 12. The first kappa shape index (κ1) is 43.7. The normalized spacial score (nSPS) is 24.6. The molecule has 2 saturated carbocycles. The van der Waals surface area contributed by atoms with Crippen LogP contribution in [0.2, 0.25) is 0 Å². The summed E-state index contributed by atoms with van der Waals surface area (Å²) in [5.74, 6) is -0.285. The van der Waals surface area contributed by atoms with Crippen molar-refractivity contribution in [2.45, 2.75) is 119 Å². The molecule has 4 aliphatic heterocycles. The SMILES string of the molecule is Cc1cc(S(=O)(=O)C2CC3(CCN(CC4CCN(c5ccc6c(c5F)n(C)c(=O)n6C5CCC(=O)NC5=O)CC4)CC3)C2)ccc1Nc1ncc2c(n1)N(C1CCCC1)C(=O)C2(C)CO. The number of nitrogens with zero attached hydrogens (tertiary/aromatic N) is 7. The number of aryl methyl sites for hydroxylation is 2. The van der Waals surface area contributed by atoms with Gasteiger partial charge in [-0.25, -0.2) is 22.6 Å². The van der Waals surface area contributed by atoms with E-state index in [-0.39, 0.29) is 48.2 Å². The third kappa shape index (κ3) is 7.34. The Morgan fingerprint density at radius 2 is 1.69 bits per heavy atom. The van der Waals surface area contributed by atoms with Crippen LogP contribution >= 0.6 is 0 Å². The summed E-state index contributed by atoms with van der Waals surface area (Å²) in [6.45, 7) is 7.42. The van der Waals surface area contributed by atoms with E-state index in [4.69, 9.17) is 4.98 Å². The fraction of sp³-hybridized carbons (Fsp3) is 0.574. The van der Waals surface area contributed by atoms with Gasteiger partial charge in [-0.2, -0.15) is 4.98 Å². The fourth-order valence-corrected chi connectivity index (χ4v) is 13.9. The van der Waals surface area contributed by atoms with Crippen molar-refractivity contribution in [2.75, 3.05) is 54.4 Å². The minimum atomic E-state index is -3.55. The van der Waals surface area contributed by atoms with Crippen LogP contribution in [0.5, 0.6) is 0 Å². The summed E-state index contributed by atoms with van der Waals surface area (Å²) in [4.78, 5) is 67.0. The summed E-state index contributed by atoms with van der Waals surface area (Å²) in [6.07, 6.45) is 10.8. The number of nitrogens with one attached hydrogen (secondary N) is 2. The average Bonchev–Trinajstić information content (AvgIpc) is 3.95. The molecule has 3 amide bonds. The molecular formula is C47H58FN9O7S. The number of imide groups is 1. The zero-order valence-electron chi connectivity index (χ0n) is 37.3. The van der Waals surface area contributed by atoms with Gasteiger partial charge < -0.3 is 20.2 Å². The van der Waals surface area contributed by atoms with Crippen LogP contribution in [0.1, 0.15) is 101 Å². The number of likely N-dealkylation sites (tertiary alicyclic amines) is 1. The highest BCUT2D eigenvalue weighted by Crippen LogP contribution is 2.53. The van der Waals surface area contributed by atoms with Gasteiger partial charge in [0.2, 0.25) is 23.7 Å². The fourth-order valence-electron chi connectivity index (χ4n) is 11.8. The van der Waals surface area contributed by atoms with Crippen molar-refractivity contribution in [3.63, 3.8) is 0 Å². The second-order valence-electron chi connectivity index (χ2n) is 19.9. The molecule has 346 valence electrons. The summed E-state index contributed by atoms with van der Waals surface area (Å²) in [5.41, 5.74) is 1.40. The Kier molecular flexibility index (Phi) is 10.9. The van der Waals surface area contributed by atoms with Crippen LogP contribution in [0.4, 0.5) is 27.5 Å². The molecule has 6 aliphatic rings. The summed E-state index contributed by atoms with van der Waals surface area (Å²) in [6, 6.07) is 7.70. The molecule has 65 heavy (non-hydrogen) atoms. The maximum Gasteiger partial charge on any atom is 0.329 e. The molecule has 6 heterocycles. The molecule has 0 bridgehead atoms. The Labute approximate surface area is 377 Å². The van der Waals surface area contributed by atoms with Crippen LogP contribution in [0.3, 0.4) is 0 Å². The molecule has 0 radical (unpaired) electrons. The zero-order chi connectivity index (χ0) is 45.6. The van der Waals surface area contributed by atoms with Crippen LogP contribution in [-0.4, -0.2) is 106 Å². The van der Waals surface area contributed by atoms with Crippen LogP contribution in [0, 0.1) is 24.1 Å². The van der Waals surface area contributed by atoms with Crippen LogP contribution in [0.15, 0.2) is 46.2 Å². The van der Waals surface area contributed by atoms with Gasteiger partial charge in [-0.15, -0.1) is 0 Å². The summed E-state index contributed by atoms with van der Waals surface area (Å²) >= 11 is 0. The molecule has 18 heteroatoms. The van der Waals surface area contributed by atoms with Gasteiger partial charge in [0, 0.05) is 56.6 Å². The number of imidazole rings is 1. The second kappa shape index (κ2) is 16.3. The highest BCUT2D eigenvalue weighted by molar-refractivity contribution is 7.92. The van der Waals surface area contributed by atoms with Crippen molar-refractivity contribution < 1.29 is 32.3 Å². The number of halogens is 1. The van der Waals surface area contributed by atoms with E-state index in [1.54, 1.807) is 48.4 Å². The second-order valence-corrected chi connectivity index (χ2v) is 22.1. The van der Waals surface area contributed by atoms with Gasteiger partial charge in [0.1, 0.15) is 17.4 Å². The molecule has 2 aromatic carbocycles. The van der Waals surface area contributed by atoms with Crippen molar-refractivity contribution in [1.82, 2.24) is 29.3 Å². The number of rotatable bonds is 10. The number of sulfone groups is 1. The Bertz CT molecular complexity index is 2760. The van der Waals surface area contributed by atoms with E-state index in [0.717, 1.165) is 76.6 Å². The van der Waals surface area contributed by atoms with Gasteiger partial charge >= 0.3 is 5.69 Å². The third-order valence-corrected chi connectivity index (χ3v) is 18.0. The highest BCUT2D eigenvalue weighted by Gasteiger charge is 2.52. The van der Waals surface area contributed by atoms with Gasteiger partial charge in [-0.05, 0) is 132 Å². The lowest BCUT2D eigenvalue weighted by Crippen LogP contribution is -2.52. The quantitative estimate of drug-likeness (QED) is 0.185. The number of carbonyl (C=O) groups excluding carboxylic acids is 3. The standard InChI is InChI=1S/C47H58FN9O7S/c1-28-22-31(8-9-34(28)50-44-49-25-33-41(52-44)56(30-6-4-5-7-30)43(61)46(33,2)27-58)65(63,64)32-23-47(24-32)16-20-54(21-17-47)26-29-14-18-55(19-15-29)35-10-11-36-40(39(35)48)53(3)45(62)57(36)37-12-13-38(59)51-42(37)60/h8-11,22,25,29-30,32,37,58H,4-7,12-21,23-24,26-27H2,1-3H3,(H,49,50,52)(H,51,59,60). The van der Waals surface area contributed by atoms with E-state index < -0.39 is 44.0 Å². The topological polar surface area (TPSA) is 192 Å². The van der Waals surface area contributed by atoms with Crippen molar-refractivity contribution in [3.8, 4) is 0 Å². The van der Waals surface area contributed by atoms with E-state index >= 15 is 4.39 Å². The number of anilines is 4.